The van der Waals surface area contributed by atoms with Gasteiger partial charge in [-0.15, -0.1) is 0 Å². The van der Waals surface area contributed by atoms with E-state index in [0.717, 1.165) is 63.4 Å². The van der Waals surface area contributed by atoms with Crippen LogP contribution in [-0.2, 0) is 19.1 Å². The predicted octanol–water partition coefficient (Wildman–Crippen LogP) is 6.93. The SMILES string of the molecule is C=C(CC[C@@H](CO)[C@H]1CC[C@@]2(C)C3=C(CC[C@]12C)[C@@]1(C)CC[C@@H](OC(=O)C[C@@](C)(O)CC(=O)O)C(C)(C)[C@@H]1CC3)[C@H](C)C(=O)O. The Kier molecular flexibility index (Phi) is 9.86. The molecule has 0 aromatic carbocycles. The van der Waals surface area contributed by atoms with Gasteiger partial charge in [0.2, 0.25) is 0 Å². The Morgan fingerprint density at radius 1 is 0.978 bits per heavy atom. The Labute approximate surface area is 269 Å². The van der Waals surface area contributed by atoms with Gasteiger partial charge in [0, 0.05) is 12.0 Å². The van der Waals surface area contributed by atoms with Gasteiger partial charge in [-0.05, 0) is 112 Å². The highest BCUT2D eigenvalue weighted by atomic mass is 16.5. The van der Waals surface area contributed by atoms with Crippen molar-refractivity contribution in [2.75, 3.05) is 6.61 Å². The summed E-state index contributed by atoms with van der Waals surface area (Å²) in [5.74, 6) is -2.32. The molecule has 0 heterocycles. The Morgan fingerprint density at radius 2 is 1.64 bits per heavy atom. The minimum Gasteiger partial charge on any atom is -0.481 e. The molecule has 4 N–H and O–H groups in total. The fourth-order valence-corrected chi connectivity index (χ4v) is 10.8. The molecule has 0 aromatic rings. The number of hydrogen-bond acceptors (Lipinski definition) is 6. The van der Waals surface area contributed by atoms with E-state index in [2.05, 4.69) is 41.2 Å². The number of allylic oxidation sites excluding steroid dienone is 2. The first-order valence-electron chi connectivity index (χ1n) is 17.1. The Bertz CT molecular complexity index is 1230. The van der Waals surface area contributed by atoms with Gasteiger partial charge in [-0.3, -0.25) is 14.4 Å². The summed E-state index contributed by atoms with van der Waals surface area (Å²) in [7, 11) is 0. The average Bonchev–Trinajstić information content (AvgIpc) is 3.20. The van der Waals surface area contributed by atoms with Crippen molar-refractivity contribution >= 4 is 17.9 Å². The summed E-state index contributed by atoms with van der Waals surface area (Å²) in [6.07, 6.45) is 8.16. The van der Waals surface area contributed by atoms with Crippen molar-refractivity contribution in [3.05, 3.63) is 23.3 Å². The highest BCUT2D eigenvalue weighted by Gasteiger charge is 2.64. The van der Waals surface area contributed by atoms with Crippen LogP contribution in [-0.4, -0.2) is 56.6 Å². The molecular formula is C37H58O8. The number of carbonyl (C=O) groups is 3. The normalized spacial score (nSPS) is 36.5. The van der Waals surface area contributed by atoms with Gasteiger partial charge in [0.1, 0.15) is 6.10 Å². The van der Waals surface area contributed by atoms with Gasteiger partial charge in [-0.2, -0.15) is 0 Å². The van der Waals surface area contributed by atoms with Gasteiger partial charge >= 0.3 is 17.9 Å². The lowest BCUT2D eigenvalue weighted by molar-refractivity contribution is -0.174. The molecule has 45 heavy (non-hydrogen) atoms. The van der Waals surface area contributed by atoms with Crippen LogP contribution >= 0.6 is 0 Å². The zero-order chi connectivity index (χ0) is 33.8. The van der Waals surface area contributed by atoms with Crippen LogP contribution < -0.4 is 0 Å². The number of hydrogen-bond donors (Lipinski definition) is 4. The monoisotopic (exact) mass is 630 g/mol. The van der Waals surface area contributed by atoms with Crippen molar-refractivity contribution in [2.24, 2.45) is 45.3 Å². The van der Waals surface area contributed by atoms with E-state index in [1.807, 2.05) is 0 Å². The number of aliphatic hydroxyl groups is 2. The lowest BCUT2D eigenvalue weighted by Crippen LogP contribution is -2.56. The topological polar surface area (TPSA) is 141 Å². The van der Waals surface area contributed by atoms with E-state index in [9.17, 15) is 29.7 Å². The molecule has 0 radical (unpaired) electrons. The molecule has 0 unspecified atom stereocenters. The highest BCUT2D eigenvalue weighted by Crippen LogP contribution is 2.72. The Morgan fingerprint density at radius 3 is 2.24 bits per heavy atom. The summed E-state index contributed by atoms with van der Waals surface area (Å²) in [4.78, 5) is 35.5. The fraction of sp³-hybridized carbons (Fsp3) is 0.811. The lowest BCUT2D eigenvalue weighted by Gasteiger charge is -2.62. The molecule has 4 aliphatic rings. The molecule has 0 aliphatic heterocycles. The lowest BCUT2D eigenvalue weighted by atomic mass is 9.43. The number of aliphatic hydroxyl groups excluding tert-OH is 1. The Balaban J connectivity index is 1.53. The molecular weight excluding hydrogens is 572 g/mol. The van der Waals surface area contributed by atoms with E-state index in [-0.39, 0.29) is 46.7 Å². The van der Waals surface area contributed by atoms with Crippen LogP contribution in [0.1, 0.15) is 126 Å². The standard InChI is InChI=1S/C37H58O8/c1-22(23(2)32(42)43)9-10-24(21-38)25-13-17-37(8)27-11-12-28-33(3,4)29(45-31(41)20-34(5,44)19-30(39)40)15-16-35(28,6)26(27)14-18-36(25,37)7/h23-25,28-29,38,44H,1,9-21H2,2-8H3,(H,39,40)(H,42,43)/t23-,24-,25+,28-,29+,34-,35+,36+,37-/m0/s1. The zero-order valence-corrected chi connectivity index (χ0v) is 28.7. The maximum absolute atomic E-state index is 12.9. The van der Waals surface area contributed by atoms with Gasteiger partial charge in [-0.25, -0.2) is 0 Å². The third-order valence-electron chi connectivity index (χ3n) is 13.7. The van der Waals surface area contributed by atoms with Crippen LogP contribution in [0.2, 0.25) is 0 Å². The van der Waals surface area contributed by atoms with Crippen LogP contribution in [0.25, 0.3) is 0 Å². The number of carboxylic acid groups (broad SMARTS) is 2. The van der Waals surface area contributed by atoms with Crippen molar-refractivity contribution < 1.29 is 39.5 Å². The van der Waals surface area contributed by atoms with E-state index in [4.69, 9.17) is 9.84 Å². The minimum absolute atomic E-state index is 0.00168. The summed E-state index contributed by atoms with van der Waals surface area (Å²) < 4.78 is 6.01. The van der Waals surface area contributed by atoms with Gasteiger partial charge in [0.15, 0.2) is 0 Å². The van der Waals surface area contributed by atoms with Crippen molar-refractivity contribution in [2.45, 2.75) is 137 Å². The number of fused-ring (bicyclic) bond motifs is 4. The molecule has 8 nitrogen and oxygen atoms in total. The van der Waals surface area contributed by atoms with E-state index in [1.54, 1.807) is 18.1 Å². The first kappa shape index (κ1) is 35.7. The van der Waals surface area contributed by atoms with Crippen LogP contribution in [0, 0.1) is 45.3 Å². The van der Waals surface area contributed by atoms with Crippen molar-refractivity contribution in [3.8, 4) is 0 Å². The summed E-state index contributed by atoms with van der Waals surface area (Å²) in [5, 5.41) is 39.5. The maximum Gasteiger partial charge on any atom is 0.310 e. The molecule has 0 saturated heterocycles. The molecule has 0 bridgehead atoms. The zero-order valence-electron chi connectivity index (χ0n) is 28.7. The molecule has 254 valence electrons. The number of rotatable bonds is 12. The molecule has 8 heteroatoms. The van der Waals surface area contributed by atoms with Crippen molar-refractivity contribution in [3.63, 3.8) is 0 Å². The van der Waals surface area contributed by atoms with E-state index in [0.29, 0.717) is 18.3 Å². The number of ether oxygens (including phenoxy) is 1. The molecule has 0 amide bonds. The molecule has 0 aromatic heterocycles. The van der Waals surface area contributed by atoms with Crippen LogP contribution in [0.15, 0.2) is 23.3 Å². The number of carboxylic acids is 2. The third kappa shape index (κ3) is 6.27. The predicted molar refractivity (Wildman–Crippen MR) is 172 cm³/mol. The Hall–Kier alpha value is -2.19. The van der Waals surface area contributed by atoms with Gasteiger partial charge < -0.3 is 25.2 Å². The molecule has 4 rings (SSSR count). The van der Waals surface area contributed by atoms with Crippen LogP contribution in [0.3, 0.4) is 0 Å². The second-order valence-electron chi connectivity index (χ2n) is 16.6. The second-order valence-corrected chi connectivity index (χ2v) is 16.6. The number of aliphatic carboxylic acids is 2. The van der Waals surface area contributed by atoms with E-state index >= 15 is 0 Å². The summed E-state index contributed by atoms with van der Waals surface area (Å²) in [5.41, 5.74) is 2.11. The van der Waals surface area contributed by atoms with Gasteiger partial charge in [-0.1, -0.05) is 57.9 Å². The van der Waals surface area contributed by atoms with E-state index < -0.39 is 35.8 Å². The summed E-state index contributed by atoms with van der Waals surface area (Å²) >= 11 is 0. The smallest absolute Gasteiger partial charge is 0.310 e. The van der Waals surface area contributed by atoms with Crippen molar-refractivity contribution in [1.29, 1.82) is 0 Å². The number of esters is 1. The highest BCUT2D eigenvalue weighted by molar-refractivity contribution is 5.74. The van der Waals surface area contributed by atoms with Crippen molar-refractivity contribution in [1.82, 2.24) is 0 Å². The molecule has 9 atom stereocenters. The van der Waals surface area contributed by atoms with Gasteiger partial charge in [0.05, 0.1) is 24.4 Å². The minimum atomic E-state index is -1.65. The molecule has 2 fully saturated rings. The van der Waals surface area contributed by atoms with E-state index in [1.165, 1.54) is 6.92 Å². The quantitative estimate of drug-likeness (QED) is 0.134. The van der Waals surface area contributed by atoms with Gasteiger partial charge in [0.25, 0.3) is 0 Å². The first-order chi connectivity index (χ1) is 20.7. The largest absolute Gasteiger partial charge is 0.481 e. The molecule has 0 spiro atoms. The summed E-state index contributed by atoms with van der Waals surface area (Å²) in [6, 6.07) is 0. The second kappa shape index (κ2) is 12.4. The number of carbonyl (C=O) groups excluding carboxylic acids is 1. The van der Waals surface area contributed by atoms with Crippen LogP contribution in [0.5, 0.6) is 0 Å². The molecule has 2 saturated carbocycles. The first-order valence-corrected chi connectivity index (χ1v) is 17.1. The third-order valence-corrected chi connectivity index (χ3v) is 13.7. The fourth-order valence-electron chi connectivity index (χ4n) is 10.8. The average molecular weight is 631 g/mol. The molecule has 4 aliphatic carbocycles. The summed E-state index contributed by atoms with van der Waals surface area (Å²) in [6.45, 7) is 19.0. The maximum atomic E-state index is 12.9. The van der Waals surface area contributed by atoms with Crippen LogP contribution in [0.4, 0.5) is 0 Å².